The van der Waals surface area contributed by atoms with Crippen molar-refractivity contribution in [3.05, 3.63) is 33.7 Å². The van der Waals surface area contributed by atoms with E-state index in [0.29, 0.717) is 34.5 Å². The standard InChI is InChI=1S/C20H25NO7/c1-11-6-17(25)27-19-13-4-5-20(2,3)28-14(13)7-15(18(11)19)26-10-16(24)21-8-12(23)9-22/h6-7,12,22-23H,4-5,8-10H2,1-3H3,(H,21,24). The molecule has 1 aromatic heterocycles. The van der Waals surface area contributed by atoms with Crippen LogP contribution in [0.25, 0.3) is 11.0 Å². The topological polar surface area (TPSA) is 118 Å². The molecule has 1 aromatic carbocycles. The van der Waals surface area contributed by atoms with Gasteiger partial charge in [0.05, 0.1) is 18.1 Å². The predicted molar refractivity (Wildman–Crippen MR) is 102 cm³/mol. The van der Waals surface area contributed by atoms with E-state index < -0.39 is 24.2 Å². The number of aliphatic hydroxyl groups excluding tert-OH is 2. The van der Waals surface area contributed by atoms with Crippen molar-refractivity contribution < 1.29 is 28.9 Å². The Morgan fingerprint density at radius 2 is 2.14 bits per heavy atom. The molecule has 0 spiro atoms. The van der Waals surface area contributed by atoms with E-state index in [2.05, 4.69) is 5.32 Å². The first kappa shape index (κ1) is 20.2. The van der Waals surface area contributed by atoms with Gasteiger partial charge in [-0.2, -0.15) is 0 Å². The summed E-state index contributed by atoms with van der Waals surface area (Å²) in [7, 11) is 0. The molecule has 0 bridgehead atoms. The first-order chi connectivity index (χ1) is 13.2. The molecule has 1 aliphatic heterocycles. The maximum atomic E-state index is 12.0. The van der Waals surface area contributed by atoms with E-state index in [1.54, 1.807) is 13.0 Å². The van der Waals surface area contributed by atoms with Crippen molar-refractivity contribution in [3.8, 4) is 11.5 Å². The average molecular weight is 391 g/mol. The summed E-state index contributed by atoms with van der Waals surface area (Å²) in [6, 6.07) is 3.11. The molecule has 0 radical (unpaired) electrons. The number of aryl methyl sites for hydroxylation is 2. The van der Waals surface area contributed by atoms with E-state index in [0.717, 1.165) is 12.0 Å². The summed E-state index contributed by atoms with van der Waals surface area (Å²) in [6.07, 6.45) is 0.453. The third kappa shape index (κ3) is 4.28. The van der Waals surface area contributed by atoms with Gasteiger partial charge in [0.2, 0.25) is 0 Å². The monoisotopic (exact) mass is 391 g/mol. The highest BCUT2D eigenvalue weighted by Gasteiger charge is 2.30. The zero-order valence-electron chi connectivity index (χ0n) is 16.2. The van der Waals surface area contributed by atoms with Crippen LogP contribution < -0.4 is 20.4 Å². The number of hydrogen-bond donors (Lipinski definition) is 3. The quantitative estimate of drug-likeness (QED) is 0.630. The Balaban J connectivity index is 1.93. The highest BCUT2D eigenvalue weighted by Crippen LogP contribution is 2.42. The molecule has 3 rings (SSSR count). The second kappa shape index (κ2) is 7.81. The smallest absolute Gasteiger partial charge is 0.336 e. The van der Waals surface area contributed by atoms with Crippen molar-refractivity contribution in [1.29, 1.82) is 0 Å². The second-order valence-corrected chi connectivity index (χ2v) is 7.59. The van der Waals surface area contributed by atoms with Gasteiger partial charge in [-0.3, -0.25) is 4.79 Å². The minimum atomic E-state index is -1.03. The Bertz CT molecular complexity index is 948. The Morgan fingerprint density at radius 3 is 2.86 bits per heavy atom. The van der Waals surface area contributed by atoms with E-state index in [-0.39, 0.29) is 18.8 Å². The normalized spacial score (nSPS) is 16.2. The van der Waals surface area contributed by atoms with Crippen molar-refractivity contribution in [2.75, 3.05) is 19.8 Å². The number of aliphatic hydroxyl groups is 2. The van der Waals surface area contributed by atoms with E-state index in [1.165, 1.54) is 6.07 Å². The zero-order chi connectivity index (χ0) is 20.5. The van der Waals surface area contributed by atoms with Crippen molar-refractivity contribution in [1.82, 2.24) is 5.32 Å². The lowest BCUT2D eigenvalue weighted by Crippen LogP contribution is -2.36. The first-order valence-corrected chi connectivity index (χ1v) is 9.18. The molecule has 0 fully saturated rings. The minimum absolute atomic E-state index is 0.0746. The van der Waals surface area contributed by atoms with Crippen LogP contribution >= 0.6 is 0 Å². The van der Waals surface area contributed by atoms with E-state index in [4.69, 9.17) is 19.0 Å². The summed E-state index contributed by atoms with van der Waals surface area (Å²) in [5.74, 6) is 0.504. The molecular weight excluding hydrogens is 366 g/mol. The third-order valence-corrected chi connectivity index (χ3v) is 4.71. The number of benzene rings is 1. The Labute approximate surface area is 162 Å². The Morgan fingerprint density at radius 1 is 1.39 bits per heavy atom. The highest BCUT2D eigenvalue weighted by molar-refractivity contribution is 5.91. The minimum Gasteiger partial charge on any atom is -0.487 e. The number of ether oxygens (including phenoxy) is 2. The van der Waals surface area contributed by atoms with E-state index >= 15 is 0 Å². The third-order valence-electron chi connectivity index (χ3n) is 4.71. The van der Waals surface area contributed by atoms with Crippen molar-refractivity contribution in [2.24, 2.45) is 0 Å². The second-order valence-electron chi connectivity index (χ2n) is 7.59. The van der Waals surface area contributed by atoms with Crippen LogP contribution in [0.15, 0.2) is 21.3 Å². The number of rotatable bonds is 6. The molecule has 3 N–H and O–H groups in total. The summed E-state index contributed by atoms with van der Waals surface area (Å²) in [4.78, 5) is 23.9. The average Bonchev–Trinajstić information content (AvgIpc) is 2.62. The lowest BCUT2D eigenvalue weighted by Gasteiger charge is -2.33. The van der Waals surface area contributed by atoms with E-state index in [9.17, 15) is 14.7 Å². The molecule has 0 aliphatic carbocycles. The van der Waals surface area contributed by atoms with Gasteiger partial charge in [0.1, 0.15) is 22.7 Å². The van der Waals surface area contributed by atoms with Gasteiger partial charge in [-0.1, -0.05) is 0 Å². The van der Waals surface area contributed by atoms with Gasteiger partial charge < -0.3 is 29.4 Å². The zero-order valence-corrected chi connectivity index (χ0v) is 16.2. The maximum absolute atomic E-state index is 12.0. The number of carbonyl (C=O) groups excluding carboxylic acids is 1. The van der Waals surface area contributed by atoms with Crippen LogP contribution in [0.3, 0.4) is 0 Å². The van der Waals surface area contributed by atoms with Crippen LogP contribution in [-0.2, 0) is 11.2 Å². The molecule has 1 aliphatic rings. The molecule has 28 heavy (non-hydrogen) atoms. The van der Waals surface area contributed by atoms with Crippen LogP contribution in [0.5, 0.6) is 11.5 Å². The Hall–Kier alpha value is -2.58. The Kier molecular flexibility index (Phi) is 5.62. The van der Waals surface area contributed by atoms with Crippen LogP contribution in [0.2, 0.25) is 0 Å². The van der Waals surface area contributed by atoms with Gasteiger partial charge in [0, 0.05) is 24.2 Å². The summed E-state index contributed by atoms with van der Waals surface area (Å²) < 4.78 is 17.2. The molecule has 0 saturated carbocycles. The van der Waals surface area contributed by atoms with Crippen molar-refractivity contribution in [3.63, 3.8) is 0 Å². The van der Waals surface area contributed by atoms with Crippen molar-refractivity contribution in [2.45, 2.75) is 45.3 Å². The molecule has 152 valence electrons. The molecule has 2 heterocycles. The fourth-order valence-electron chi connectivity index (χ4n) is 3.22. The lowest BCUT2D eigenvalue weighted by atomic mass is 9.92. The van der Waals surface area contributed by atoms with Crippen LogP contribution in [-0.4, -0.2) is 47.6 Å². The largest absolute Gasteiger partial charge is 0.487 e. The number of fused-ring (bicyclic) bond motifs is 3. The molecule has 0 saturated heterocycles. The van der Waals surface area contributed by atoms with Gasteiger partial charge in [0.25, 0.3) is 5.91 Å². The van der Waals surface area contributed by atoms with Gasteiger partial charge in [0.15, 0.2) is 6.61 Å². The fraction of sp³-hybridized carbons (Fsp3) is 0.500. The number of amides is 1. The van der Waals surface area contributed by atoms with E-state index in [1.807, 2.05) is 13.8 Å². The molecule has 1 amide bonds. The van der Waals surface area contributed by atoms with Gasteiger partial charge in [-0.05, 0) is 39.2 Å². The van der Waals surface area contributed by atoms with Gasteiger partial charge in [-0.25, -0.2) is 4.79 Å². The summed E-state index contributed by atoms with van der Waals surface area (Å²) in [6.45, 7) is 4.93. The lowest BCUT2D eigenvalue weighted by molar-refractivity contribution is -0.123. The summed E-state index contributed by atoms with van der Waals surface area (Å²) in [5.41, 5.74) is 1.11. The van der Waals surface area contributed by atoms with Crippen LogP contribution in [0, 0.1) is 6.92 Å². The van der Waals surface area contributed by atoms with Crippen molar-refractivity contribution >= 4 is 16.9 Å². The fourth-order valence-corrected chi connectivity index (χ4v) is 3.22. The predicted octanol–water partition coefficient (Wildman–Crippen LogP) is 1.05. The molecule has 1 atom stereocenters. The van der Waals surface area contributed by atoms with Gasteiger partial charge in [-0.15, -0.1) is 0 Å². The number of carbonyl (C=O) groups is 1. The van der Waals surface area contributed by atoms with Crippen LogP contribution in [0.1, 0.15) is 31.4 Å². The number of nitrogens with one attached hydrogen (secondary N) is 1. The summed E-state index contributed by atoms with van der Waals surface area (Å²) >= 11 is 0. The molecular formula is C20H25NO7. The first-order valence-electron chi connectivity index (χ1n) is 9.18. The molecule has 1 unspecified atom stereocenters. The molecule has 8 nitrogen and oxygen atoms in total. The highest BCUT2D eigenvalue weighted by atomic mass is 16.5. The van der Waals surface area contributed by atoms with Gasteiger partial charge >= 0.3 is 5.63 Å². The molecule has 8 heteroatoms. The number of hydrogen-bond acceptors (Lipinski definition) is 7. The summed E-state index contributed by atoms with van der Waals surface area (Å²) in [5, 5.41) is 21.2. The maximum Gasteiger partial charge on any atom is 0.336 e. The SMILES string of the molecule is Cc1cc(=O)oc2c3c(cc(OCC(=O)NCC(O)CO)c12)OC(C)(C)CC3. The van der Waals surface area contributed by atoms with Crippen LogP contribution in [0.4, 0.5) is 0 Å². The molecule has 2 aromatic rings.